The van der Waals surface area contributed by atoms with Gasteiger partial charge >= 0.3 is 6.03 Å². The van der Waals surface area contributed by atoms with Crippen LogP contribution in [0.2, 0.25) is 5.02 Å². The maximum Gasteiger partial charge on any atom is 0.319 e. The quantitative estimate of drug-likeness (QED) is 0.857. The van der Waals surface area contributed by atoms with E-state index in [1.165, 1.54) is 36.3 Å². The van der Waals surface area contributed by atoms with E-state index in [0.717, 1.165) is 0 Å². The highest BCUT2D eigenvalue weighted by molar-refractivity contribution is 6.31. The SMILES string of the molecule is COc1ccc(Cl)cc1NC(=O)N[C@@H]1CCN(c2ccc(F)cc2)C1=O. The lowest BCUT2D eigenvalue weighted by Gasteiger charge is -2.18. The average Bonchev–Trinajstić information content (AvgIpc) is 2.96. The minimum absolute atomic E-state index is 0.246. The molecule has 0 aliphatic carbocycles. The van der Waals surface area contributed by atoms with Crippen LogP contribution in [0.3, 0.4) is 0 Å². The summed E-state index contributed by atoms with van der Waals surface area (Å²) in [6.45, 7) is 0.440. The van der Waals surface area contributed by atoms with E-state index in [4.69, 9.17) is 16.3 Å². The molecule has 136 valence electrons. The Morgan fingerprint density at radius 2 is 2.00 bits per heavy atom. The van der Waals surface area contributed by atoms with Crippen molar-refractivity contribution in [1.29, 1.82) is 0 Å². The van der Waals surface area contributed by atoms with E-state index in [1.807, 2.05) is 0 Å². The van der Waals surface area contributed by atoms with Crippen molar-refractivity contribution in [3.8, 4) is 5.75 Å². The molecule has 1 heterocycles. The lowest BCUT2D eigenvalue weighted by molar-refractivity contribution is -0.118. The van der Waals surface area contributed by atoms with Crippen LogP contribution in [0, 0.1) is 5.82 Å². The lowest BCUT2D eigenvalue weighted by Crippen LogP contribution is -2.43. The van der Waals surface area contributed by atoms with Gasteiger partial charge in [-0.25, -0.2) is 9.18 Å². The van der Waals surface area contributed by atoms with Gasteiger partial charge in [-0.15, -0.1) is 0 Å². The number of nitrogens with one attached hydrogen (secondary N) is 2. The van der Waals surface area contributed by atoms with Crippen LogP contribution in [0.4, 0.5) is 20.6 Å². The van der Waals surface area contributed by atoms with E-state index in [2.05, 4.69) is 10.6 Å². The van der Waals surface area contributed by atoms with Crippen molar-refractivity contribution < 1.29 is 18.7 Å². The summed E-state index contributed by atoms with van der Waals surface area (Å²) < 4.78 is 18.2. The molecule has 0 radical (unpaired) electrons. The predicted octanol–water partition coefficient (Wildman–Crippen LogP) is 3.41. The standard InChI is InChI=1S/C18H17ClFN3O3/c1-26-16-7-2-11(19)10-15(16)22-18(25)21-14-8-9-23(17(14)24)13-5-3-12(20)4-6-13/h2-7,10,14H,8-9H2,1H3,(H2,21,22,25)/t14-/m1/s1. The van der Waals surface area contributed by atoms with Gasteiger partial charge in [-0.3, -0.25) is 4.79 Å². The summed E-state index contributed by atoms with van der Waals surface area (Å²) >= 11 is 5.93. The summed E-state index contributed by atoms with van der Waals surface area (Å²) in [6.07, 6.45) is 0.455. The number of urea groups is 1. The molecular formula is C18H17ClFN3O3. The van der Waals surface area contributed by atoms with Gasteiger partial charge in [0.05, 0.1) is 12.8 Å². The molecule has 0 unspecified atom stereocenters. The molecule has 1 aliphatic heterocycles. The molecule has 3 rings (SSSR count). The van der Waals surface area contributed by atoms with E-state index in [9.17, 15) is 14.0 Å². The molecule has 3 amide bonds. The molecule has 1 aliphatic rings. The number of halogens is 2. The van der Waals surface area contributed by atoms with Gasteiger partial charge in [0.1, 0.15) is 17.6 Å². The van der Waals surface area contributed by atoms with Crippen molar-refractivity contribution in [3.63, 3.8) is 0 Å². The number of carbonyl (C=O) groups is 2. The van der Waals surface area contributed by atoms with Crippen molar-refractivity contribution in [2.45, 2.75) is 12.5 Å². The van der Waals surface area contributed by atoms with Crippen LogP contribution in [0.25, 0.3) is 0 Å². The number of hydrogen-bond acceptors (Lipinski definition) is 3. The smallest absolute Gasteiger partial charge is 0.319 e. The van der Waals surface area contributed by atoms with Gasteiger partial charge in [0.15, 0.2) is 0 Å². The summed E-state index contributed by atoms with van der Waals surface area (Å²) in [6, 6.07) is 9.29. The highest BCUT2D eigenvalue weighted by Crippen LogP contribution is 2.28. The third-order valence-electron chi connectivity index (χ3n) is 4.06. The molecule has 1 fully saturated rings. The van der Waals surface area contributed by atoms with Crippen molar-refractivity contribution in [3.05, 3.63) is 53.3 Å². The fraction of sp³-hybridized carbons (Fsp3) is 0.222. The second-order valence-corrected chi connectivity index (χ2v) is 6.19. The average molecular weight is 378 g/mol. The van der Waals surface area contributed by atoms with Crippen LogP contribution in [0.15, 0.2) is 42.5 Å². The zero-order chi connectivity index (χ0) is 18.7. The van der Waals surface area contributed by atoms with E-state index in [1.54, 1.807) is 18.2 Å². The van der Waals surface area contributed by atoms with E-state index in [0.29, 0.717) is 35.1 Å². The molecule has 0 aromatic heterocycles. The Balaban J connectivity index is 1.64. The second-order valence-electron chi connectivity index (χ2n) is 5.75. The van der Waals surface area contributed by atoms with Crippen LogP contribution < -0.4 is 20.3 Å². The molecule has 2 aromatic rings. The fourth-order valence-electron chi connectivity index (χ4n) is 2.79. The molecule has 0 spiro atoms. The molecule has 0 bridgehead atoms. The van der Waals surface area contributed by atoms with Gasteiger partial charge in [-0.2, -0.15) is 0 Å². The monoisotopic (exact) mass is 377 g/mol. The third kappa shape index (κ3) is 3.88. The maximum atomic E-state index is 13.0. The van der Waals surface area contributed by atoms with Crippen molar-refractivity contribution >= 4 is 34.9 Å². The summed E-state index contributed by atoms with van der Waals surface area (Å²) in [5.74, 6) is -0.162. The van der Waals surface area contributed by atoms with Gasteiger partial charge < -0.3 is 20.3 Å². The number of carbonyl (C=O) groups excluding carboxylic acids is 2. The first-order valence-electron chi connectivity index (χ1n) is 7.96. The van der Waals surface area contributed by atoms with Gasteiger partial charge in [0.25, 0.3) is 0 Å². The Hall–Kier alpha value is -2.80. The Kier molecular flexibility index (Phi) is 5.27. The first-order chi connectivity index (χ1) is 12.5. The van der Waals surface area contributed by atoms with Crippen LogP contribution in [-0.4, -0.2) is 31.6 Å². The summed E-state index contributed by atoms with van der Waals surface area (Å²) in [5.41, 5.74) is 0.996. The number of nitrogens with zero attached hydrogens (tertiary/aromatic N) is 1. The zero-order valence-electron chi connectivity index (χ0n) is 14.0. The minimum Gasteiger partial charge on any atom is -0.495 e. The molecule has 26 heavy (non-hydrogen) atoms. The van der Waals surface area contributed by atoms with E-state index in [-0.39, 0.29) is 11.7 Å². The van der Waals surface area contributed by atoms with E-state index >= 15 is 0 Å². The Morgan fingerprint density at radius 1 is 1.27 bits per heavy atom. The van der Waals surface area contributed by atoms with Gasteiger partial charge in [0.2, 0.25) is 5.91 Å². The molecule has 1 saturated heterocycles. The number of methoxy groups -OCH3 is 1. The molecule has 2 aromatic carbocycles. The zero-order valence-corrected chi connectivity index (χ0v) is 14.7. The highest BCUT2D eigenvalue weighted by atomic mass is 35.5. The number of amides is 3. The van der Waals surface area contributed by atoms with E-state index < -0.39 is 12.1 Å². The lowest BCUT2D eigenvalue weighted by atomic mass is 10.2. The molecule has 0 saturated carbocycles. The fourth-order valence-corrected chi connectivity index (χ4v) is 2.96. The van der Waals surface area contributed by atoms with Crippen LogP contribution >= 0.6 is 11.6 Å². The number of anilines is 2. The molecule has 8 heteroatoms. The summed E-state index contributed by atoms with van der Waals surface area (Å²) in [5, 5.41) is 5.72. The third-order valence-corrected chi connectivity index (χ3v) is 4.29. The number of hydrogen-bond donors (Lipinski definition) is 2. The molecule has 1 atom stereocenters. The first kappa shape index (κ1) is 18.0. The normalized spacial score (nSPS) is 16.5. The van der Waals surface area contributed by atoms with Crippen molar-refractivity contribution in [2.75, 3.05) is 23.9 Å². The van der Waals surface area contributed by atoms with Gasteiger partial charge in [-0.1, -0.05) is 11.6 Å². The number of ether oxygens (including phenoxy) is 1. The molecule has 6 nitrogen and oxygen atoms in total. The minimum atomic E-state index is -0.662. The van der Waals surface area contributed by atoms with Crippen LogP contribution in [0.1, 0.15) is 6.42 Å². The number of rotatable bonds is 4. The molecular weight excluding hydrogens is 361 g/mol. The van der Waals surface area contributed by atoms with Gasteiger partial charge in [0, 0.05) is 17.3 Å². The van der Waals surface area contributed by atoms with Crippen molar-refractivity contribution in [2.24, 2.45) is 0 Å². The molecule has 2 N–H and O–H groups in total. The highest BCUT2D eigenvalue weighted by Gasteiger charge is 2.33. The first-order valence-corrected chi connectivity index (χ1v) is 8.33. The second kappa shape index (κ2) is 7.61. The van der Waals surface area contributed by atoms with Crippen molar-refractivity contribution in [1.82, 2.24) is 5.32 Å². The Bertz CT molecular complexity index is 829. The summed E-state index contributed by atoms with van der Waals surface area (Å²) in [4.78, 5) is 26.3. The Morgan fingerprint density at radius 3 is 2.69 bits per heavy atom. The topological polar surface area (TPSA) is 70.7 Å². The van der Waals surface area contributed by atoms with Crippen LogP contribution in [-0.2, 0) is 4.79 Å². The maximum absolute atomic E-state index is 13.0. The number of benzene rings is 2. The van der Waals surface area contributed by atoms with Gasteiger partial charge in [-0.05, 0) is 48.9 Å². The predicted molar refractivity (Wildman–Crippen MR) is 97.3 cm³/mol. The Labute approximate surface area is 154 Å². The summed E-state index contributed by atoms with van der Waals surface area (Å²) in [7, 11) is 1.48. The largest absolute Gasteiger partial charge is 0.495 e. The van der Waals surface area contributed by atoms with Crippen LogP contribution in [0.5, 0.6) is 5.75 Å².